The number of aliphatic imine (C=N–C) groups is 1. The SMILES string of the molecule is CN=C(NCc1coc(-c2cccs2)n1)NCc1ncnn1C. The van der Waals surface area contributed by atoms with Crippen LogP contribution in [0.15, 0.2) is 39.5 Å². The first-order chi connectivity index (χ1) is 11.3. The molecule has 0 spiro atoms. The van der Waals surface area contributed by atoms with Crippen LogP contribution in [0.4, 0.5) is 0 Å². The lowest BCUT2D eigenvalue weighted by Gasteiger charge is -2.10. The minimum Gasteiger partial charge on any atom is -0.443 e. The number of thiophene rings is 1. The van der Waals surface area contributed by atoms with Crippen molar-refractivity contribution in [1.29, 1.82) is 0 Å². The molecule has 23 heavy (non-hydrogen) atoms. The lowest BCUT2D eigenvalue weighted by Crippen LogP contribution is -2.37. The lowest BCUT2D eigenvalue weighted by molar-refractivity contribution is 0.573. The van der Waals surface area contributed by atoms with Crippen molar-refractivity contribution in [2.24, 2.45) is 12.0 Å². The fraction of sp³-hybridized carbons (Fsp3) is 0.286. The second-order valence-corrected chi connectivity index (χ2v) is 5.65. The first-order valence-corrected chi connectivity index (χ1v) is 7.90. The zero-order valence-corrected chi connectivity index (χ0v) is 13.7. The van der Waals surface area contributed by atoms with Gasteiger partial charge in [-0.25, -0.2) is 9.97 Å². The van der Waals surface area contributed by atoms with Gasteiger partial charge in [-0.15, -0.1) is 11.3 Å². The molecule has 0 radical (unpaired) electrons. The van der Waals surface area contributed by atoms with Gasteiger partial charge in [0.1, 0.15) is 18.4 Å². The smallest absolute Gasteiger partial charge is 0.236 e. The first-order valence-electron chi connectivity index (χ1n) is 7.02. The van der Waals surface area contributed by atoms with E-state index in [0.717, 1.165) is 16.4 Å². The van der Waals surface area contributed by atoms with E-state index in [0.29, 0.717) is 24.9 Å². The Kier molecular flexibility index (Phi) is 4.67. The topological polar surface area (TPSA) is 93.2 Å². The van der Waals surface area contributed by atoms with Gasteiger partial charge in [0.25, 0.3) is 0 Å². The van der Waals surface area contributed by atoms with Crippen LogP contribution in [0, 0.1) is 0 Å². The van der Waals surface area contributed by atoms with Crippen molar-refractivity contribution < 1.29 is 4.42 Å². The van der Waals surface area contributed by atoms with E-state index in [4.69, 9.17) is 4.42 Å². The fourth-order valence-electron chi connectivity index (χ4n) is 1.94. The Bertz CT molecular complexity index is 775. The molecule has 0 atom stereocenters. The number of aryl methyl sites for hydroxylation is 1. The number of nitrogens with zero attached hydrogens (tertiary/aromatic N) is 5. The van der Waals surface area contributed by atoms with Gasteiger partial charge in [-0.2, -0.15) is 5.10 Å². The molecule has 2 N–H and O–H groups in total. The maximum absolute atomic E-state index is 5.49. The van der Waals surface area contributed by atoms with Crippen molar-refractivity contribution in [2.75, 3.05) is 7.05 Å². The Hall–Kier alpha value is -2.68. The first kappa shape index (κ1) is 15.2. The highest BCUT2D eigenvalue weighted by molar-refractivity contribution is 7.13. The second-order valence-electron chi connectivity index (χ2n) is 4.70. The van der Waals surface area contributed by atoms with Crippen LogP contribution in [0.2, 0.25) is 0 Å². The van der Waals surface area contributed by atoms with Gasteiger partial charge in [0.05, 0.1) is 23.7 Å². The van der Waals surface area contributed by atoms with E-state index >= 15 is 0 Å². The third-order valence-corrected chi connectivity index (χ3v) is 4.02. The summed E-state index contributed by atoms with van der Waals surface area (Å²) in [6.45, 7) is 1.06. The van der Waals surface area contributed by atoms with Crippen molar-refractivity contribution in [3.63, 3.8) is 0 Å². The van der Waals surface area contributed by atoms with Gasteiger partial charge in [-0.1, -0.05) is 6.07 Å². The standard InChI is InChI=1S/C14H17N7OS/c1-15-14(17-7-12-18-9-19-21(12)2)16-6-10-8-22-13(20-10)11-4-3-5-23-11/h3-5,8-9H,6-7H2,1-2H3,(H2,15,16,17). The van der Waals surface area contributed by atoms with Crippen LogP contribution in [0.3, 0.4) is 0 Å². The highest BCUT2D eigenvalue weighted by atomic mass is 32.1. The number of guanidine groups is 1. The van der Waals surface area contributed by atoms with Gasteiger partial charge in [-0.05, 0) is 11.4 Å². The summed E-state index contributed by atoms with van der Waals surface area (Å²) >= 11 is 1.60. The maximum Gasteiger partial charge on any atom is 0.236 e. The summed E-state index contributed by atoms with van der Waals surface area (Å²) in [6, 6.07) is 3.95. The van der Waals surface area contributed by atoms with Gasteiger partial charge in [0.15, 0.2) is 5.96 Å². The minimum atomic E-state index is 0.521. The van der Waals surface area contributed by atoms with Crippen molar-refractivity contribution in [3.05, 3.63) is 41.6 Å². The molecule has 3 rings (SSSR count). The number of rotatable bonds is 5. The zero-order chi connectivity index (χ0) is 16.1. The van der Waals surface area contributed by atoms with Gasteiger partial charge >= 0.3 is 0 Å². The highest BCUT2D eigenvalue weighted by Crippen LogP contribution is 2.23. The Labute approximate surface area is 137 Å². The molecule has 3 aromatic heterocycles. The van der Waals surface area contributed by atoms with Gasteiger partial charge < -0.3 is 15.1 Å². The van der Waals surface area contributed by atoms with Crippen molar-refractivity contribution in [3.8, 4) is 10.8 Å². The van der Waals surface area contributed by atoms with E-state index in [1.54, 1.807) is 29.3 Å². The summed E-state index contributed by atoms with van der Waals surface area (Å²) in [5.74, 6) is 2.13. The lowest BCUT2D eigenvalue weighted by atomic mass is 10.4. The molecule has 120 valence electrons. The molecule has 0 bridgehead atoms. The molecule has 0 aliphatic rings. The number of hydrogen-bond donors (Lipinski definition) is 2. The highest BCUT2D eigenvalue weighted by Gasteiger charge is 2.08. The summed E-state index contributed by atoms with van der Waals surface area (Å²) in [7, 11) is 3.56. The number of hydrogen-bond acceptors (Lipinski definition) is 6. The predicted octanol–water partition coefficient (Wildman–Crippen LogP) is 1.40. The summed E-state index contributed by atoms with van der Waals surface area (Å²) in [5.41, 5.74) is 0.815. The van der Waals surface area contributed by atoms with Crippen LogP contribution in [0.5, 0.6) is 0 Å². The number of aromatic nitrogens is 4. The number of oxazole rings is 1. The molecule has 9 heteroatoms. The Balaban J connectivity index is 1.53. The van der Waals surface area contributed by atoms with E-state index in [2.05, 4.69) is 30.7 Å². The average Bonchev–Trinajstić information content (AvgIpc) is 3.28. The third kappa shape index (κ3) is 3.75. The van der Waals surface area contributed by atoms with Gasteiger partial charge in [-0.3, -0.25) is 9.67 Å². The molecule has 0 fully saturated rings. The average molecular weight is 331 g/mol. The van der Waals surface area contributed by atoms with Gasteiger partial charge in [0.2, 0.25) is 5.89 Å². The molecule has 0 unspecified atom stereocenters. The van der Waals surface area contributed by atoms with E-state index in [9.17, 15) is 0 Å². The van der Waals surface area contributed by atoms with Crippen LogP contribution in [-0.2, 0) is 20.1 Å². The molecule has 0 saturated carbocycles. The normalized spacial score (nSPS) is 11.7. The van der Waals surface area contributed by atoms with E-state index in [-0.39, 0.29) is 0 Å². The predicted molar refractivity (Wildman–Crippen MR) is 87.9 cm³/mol. The van der Waals surface area contributed by atoms with Crippen LogP contribution < -0.4 is 10.6 Å². The molecule has 8 nitrogen and oxygen atoms in total. The zero-order valence-electron chi connectivity index (χ0n) is 12.9. The summed E-state index contributed by atoms with van der Waals surface area (Å²) < 4.78 is 7.20. The van der Waals surface area contributed by atoms with Gasteiger partial charge in [0, 0.05) is 14.1 Å². The van der Waals surface area contributed by atoms with E-state index in [1.165, 1.54) is 6.33 Å². The fourth-order valence-corrected chi connectivity index (χ4v) is 2.59. The molecule has 3 aromatic rings. The monoisotopic (exact) mass is 331 g/mol. The molecule has 0 aliphatic heterocycles. The van der Waals surface area contributed by atoms with Crippen molar-refractivity contribution >= 4 is 17.3 Å². The molecule has 0 aromatic carbocycles. The molecular weight excluding hydrogens is 314 g/mol. The Morgan fingerprint density at radius 2 is 2.26 bits per heavy atom. The van der Waals surface area contributed by atoms with E-state index < -0.39 is 0 Å². The second kappa shape index (κ2) is 7.05. The van der Waals surface area contributed by atoms with Crippen LogP contribution >= 0.6 is 11.3 Å². The molecule has 3 heterocycles. The molecular formula is C14H17N7OS. The molecule has 0 amide bonds. The van der Waals surface area contributed by atoms with Crippen molar-refractivity contribution in [2.45, 2.75) is 13.1 Å². The summed E-state index contributed by atoms with van der Waals surface area (Å²) in [4.78, 5) is 13.8. The minimum absolute atomic E-state index is 0.521. The third-order valence-electron chi connectivity index (χ3n) is 3.16. The van der Waals surface area contributed by atoms with Crippen LogP contribution in [0.25, 0.3) is 10.8 Å². The summed E-state index contributed by atoms with van der Waals surface area (Å²) in [6.07, 6.45) is 3.17. The molecule has 0 saturated heterocycles. The largest absolute Gasteiger partial charge is 0.443 e. The maximum atomic E-state index is 5.49. The van der Waals surface area contributed by atoms with Crippen LogP contribution in [0.1, 0.15) is 11.5 Å². The molecule has 0 aliphatic carbocycles. The quantitative estimate of drug-likeness (QED) is 0.542. The Morgan fingerprint density at radius 1 is 1.39 bits per heavy atom. The van der Waals surface area contributed by atoms with Crippen LogP contribution in [-0.4, -0.2) is 32.8 Å². The summed E-state index contributed by atoms with van der Waals surface area (Å²) in [5, 5.41) is 12.4. The van der Waals surface area contributed by atoms with Crippen molar-refractivity contribution in [1.82, 2.24) is 30.4 Å². The Morgan fingerprint density at radius 3 is 2.96 bits per heavy atom. The van der Waals surface area contributed by atoms with E-state index in [1.807, 2.05) is 24.6 Å². The number of nitrogens with one attached hydrogen (secondary N) is 2.